The van der Waals surface area contributed by atoms with E-state index >= 15 is 0 Å². The first-order valence-electron chi connectivity index (χ1n) is 5.89. The Morgan fingerprint density at radius 1 is 1.53 bits per heavy atom. The molecular formula is C12H23NO4. The Morgan fingerprint density at radius 3 is 2.47 bits per heavy atom. The minimum Gasteiger partial charge on any atom is -0.444 e. The average molecular weight is 245 g/mol. The van der Waals surface area contributed by atoms with Gasteiger partial charge < -0.3 is 14.6 Å². The van der Waals surface area contributed by atoms with E-state index in [2.05, 4.69) is 0 Å². The molecule has 0 radical (unpaired) electrons. The molecule has 2 atom stereocenters. The molecule has 0 aromatic heterocycles. The zero-order valence-electron chi connectivity index (χ0n) is 11.5. The van der Waals surface area contributed by atoms with Gasteiger partial charge in [0.05, 0.1) is 18.8 Å². The van der Waals surface area contributed by atoms with E-state index in [1.807, 2.05) is 20.8 Å². The summed E-state index contributed by atoms with van der Waals surface area (Å²) in [5.74, 6) is 0. The van der Waals surface area contributed by atoms with Gasteiger partial charge in [0.1, 0.15) is 11.3 Å². The fourth-order valence-electron chi connectivity index (χ4n) is 1.85. The first kappa shape index (κ1) is 14.3. The van der Waals surface area contributed by atoms with E-state index in [4.69, 9.17) is 9.47 Å². The maximum atomic E-state index is 12.1. The highest BCUT2D eigenvalue weighted by atomic mass is 16.6. The predicted molar refractivity (Wildman–Crippen MR) is 63.6 cm³/mol. The Labute approximate surface area is 103 Å². The predicted octanol–water partition coefficient (Wildman–Crippen LogP) is 1.74. The van der Waals surface area contributed by atoms with Crippen molar-refractivity contribution in [2.24, 2.45) is 0 Å². The lowest BCUT2D eigenvalue weighted by atomic mass is 10.1. The highest BCUT2D eigenvalue weighted by Crippen LogP contribution is 2.30. The van der Waals surface area contributed by atoms with Crippen LogP contribution in [-0.2, 0) is 9.47 Å². The molecule has 0 spiro atoms. The Bertz CT molecular complexity index is 293. The minimum atomic E-state index is -0.746. The molecule has 1 rings (SSSR count). The third-order valence-corrected chi connectivity index (χ3v) is 2.67. The Hall–Kier alpha value is -0.810. The van der Waals surface area contributed by atoms with E-state index < -0.39 is 23.5 Å². The lowest BCUT2D eigenvalue weighted by Crippen LogP contribution is -2.52. The standard InChI is InChI=1S/C12H23NO4/c1-8(14)9-7-16-12(5,6)13(9)10(15)17-11(2,3)4/h8-9,14H,7H2,1-6H3/t8-,9-/m1/s1. The summed E-state index contributed by atoms with van der Waals surface area (Å²) < 4.78 is 10.9. The van der Waals surface area contributed by atoms with Crippen LogP contribution in [0.5, 0.6) is 0 Å². The van der Waals surface area contributed by atoms with Crippen LogP contribution in [0.25, 0.3) is 0 Å². The molecule has 1 aliphatic heterocycles. The molecule has 1 fully saturated rings. The van der Waals surface area contributed by atoms with Gasteiger partial charge in [-0.25, -0.2) is 4.79 Å². The molecule has 1 heterocycles. The van der Waals surface area contributed by atoms with Gasteiger partial charge in [-0.15, -0.1) is 0 Å². The normalized spacial score (nSPS) is 25.8. The molecule has 0 saturated carbocycles. The number of aliphatic hydroxyl groups is 1. The monoisotopic (exact) mass is 245 g/mol. The van der Waals surface area contributed by atoms with Crippen molar-refractivity contribution in [3.05, 3.63) is 0 Å². The molecule has 1 aliphatic rings. The van der Waals surface area contributed by atoms with Gasteiger partial charge in [-0.2, -0.15) is 0 Å². The second-order valence-corrected chi connectivity index (χ2v) is 5.92. The summed E-state index contributed by atoms with van der Waals surface area (Å²) in [7, 11) is 0. The molecule has 5 heteroatoms. The van der Waals surface area contributed by atoms with Gasteiger partial charge in [0.25, 0.3) is 0 Å². The molecule has 0 aliphatic carbocycles. The van der Waals surface area contributed by atoms with E-state index in [-0.39, 0.29) is 6.04 Å². The molecule has 100 valence electrons. The average Bonchev–Trinajstić information content (AvgIpc) is 2.37. The number of amides is 1. The molecule has 1 amide bonds. The van der Waals surface area contributed by atoms with Gasteiger partial charge in [0, 0.05) is 0 Å². The van der Waals surface area contributed by atoms with E-state index in [0.29, 0.717) is 6.61 Å². The fraction of sp³-hybridized carbons (Fsp3) is 0.917. The second-order valence-electron chi connectivity index (χ2n) is 5.92. The number of carbonyl (C=O) groups is 1. The summed E-state index contributed by atoms with van der Waals surface area (Å²) in [4.78, 5) is 13.6. The summed E-state index contributed by atoms with van der Waals surface area (Å²) in [5, 5.41) is 9.67. The van der Waals surface area contributed by atoms with Gasteiger partial charge in [0.15, 0.2) is 0 Å². The number of ether oxygens (including phenoxy) is 2. The summed E-state index contributed by atoms with van der Waals surface area (Å²) in [6.07, 6.45) is -1.10. The zero-order valence-corrected chi connectivity index (χ0v) is 11.5. The van der Waals surface area contributed by atoms with Crippen molar-refractivity contribution in [2.75, 3.05) is 6.61 Å². The van der Waals surface area contributed by atoms with Crippen LogP contribution in [0.3, 0.4) is 0 Å². The topological polar surface area (TPSA) is 59.0 Å². The van der Waals surface area contributed by atoms with Crippen molar-refractivity contribution in [3.63, 3.8) is 0 Å². The Kier molecular flexibility index (Phi) is 3.74. The van der Waals surface area contributed by atoms with Crippen molar-refractivity contribution in [2.45, 2.75) is 65.0 Å². The van der Waals surface area contributed by atoms with Crippen LogP contribution in [0.4, 0.5) is 4.79 Å². The lowest BCUT2D eigenvalue weighted by molar-refractivity contribution is -0.0670. The van der Waals surface area contributed by atoms with Crippen molar-refractivity contribution in [3.8, 4) is 0 Å². The molecular weight excluding hydrogens is 222 g/mol. The van der Waals surface area contributed by atoms with E-state index in [1.165, 1.54) is 4.90 Å². The molecule has 0 aromatic rings. The number of rotatable bonds is 1. The minimum absolute atomic E-state index is 0.323. The second kappa shape index (κ2) is 4.46. The maximum absolute atomic E-state index is 12.1. The van der Waals surface area contributed by atoms with Gasteiger partial charge in [-0.3, -0.25) is 4.90 Å². The molecule has 5 nitrogen and oxygen atoms in total. The number of hydrogen-bond acceptors (Lipinski definition) is 4. The quantitative estimate of drug-likeness (QED) is 0.764. The van der Waals surface area contributed by atoms with Crippen LogP contribution in [0, 0.1) is 0 Å². The van der Waals surface area contributed by atoms with Crippen molar-refractivity contribution in [1.29, 1.82) is 0 Å². The number of hydrogen-bond donors (Lipinski definition) is 1. The van der Waals surface area contributed by atoms with Gasteiger partial charge in [-0.05, 0) is 41.5 Å². The van der Waals surface area contributed by atoms with Crippen LogP contribution in [0.2, 0.25) is 0 Å². The summed E-state index contributed by atoms with van der Waals surface area (Å²) in [6.45, 7) is 11.0. The van der Waals surface area contributed by atoms with Gasteiger partial charge >= 0.3 is 6.09 Å². The molecule has 1 N–H and O–H groups in total. The van der Waals surface area contributed by atoms with Gasteiger partial charge in [-0.1, -0.05) is 0 Å². The molecule has 0 bridgehead atoms. The van der Waals surface area contributed by atoms with Crippen molar-refractivity contribution >= 4 is 6.09 Å². The first-order valence-corrected chi connectivity index (χ1v) is 5.89. The fourth-order valence-corrected chi connectivity index (χ4v) is 1.85. The Balaban J connectivity index is 2.87. The van der Waals surface area contributed by atoms with Crippen LogP contribution in [0.1, 0.15) is 41.5 Å². The van der Waals surface area contributed by atoms with Crippen LogP contribution < -0.4 is 0 Å². The highest BCUT2D eigenvalue weighted by molar-refractivity contribution is 5.69. The van der Waals surface area contributed by atoms with E-state index in [9.17, 15) is 9.90 Å². The molecule has 0 aromatic carbocycles. The summed E-state index contributed by atoms with van der Waals surface area (Å²) in [5.41, 5.74) is -1.30. The molecule has 17 heavy (non-hydrogen) atoms. The van der Waals surface area contributed by atoms with Crippen molar-refractivity contribution < 1.29 is 19.4 Å². The smallest absolute Gasteiger partial charge is 0.412 e. The third-order valence-electron chi connectivity index (χ3n) is 2.67. The molecule has 0 unspecified atom stereocenters. The van der Waals surface area contributed by atoms with Crippen LogP contribution >= 0.6 is 0 Å². The lowest BCUT2D eigenvalue weighted by Gasteiger charge is -2.35. The van der Waals surface area contributed by atoms with E-state index in [1.54, 1.807) is 20.8 Å². The number of aliphatic hydroxyl groups excluding tert-OH is 1. The first-order chi connectivity index (χ1) is 7.54. The zero-order chi connectivity index (χ0) is 13.4. The number of carbonyl (C=O) groups excluding carboxylic acids is 1. The largest absolute Gasteiger partial charge is 0.444 e. The molecule has 1 saturated heterocycles. The van der Waals surface area contributed by atoms with Crippen molar-refractivity contribution in [1.82, 2.24) is 4.90 Å². The highest BCUT2D eigenvalue weighted by Gasteiger charge is 2.47. The Morgan fingerprint density at radius 2 is 2.06 bits per heavy atom. The SMILES string of the molecule is C[C@@H](O)[C@H]1COC(C)(C)N1C(=O)OC(C)(C)C. The maximum Gasteiger partial charge on any atom is 0.412 e. The van der Waals surface area contributed by atoms with E-state index in [0.717, 1.165) is 0 Å². The number of nitrogens with zero attached hydrogens (tertiary/aromatic N) is 1. The summed E-state index contributed by atoms with van der Waals surface area (Å²) >= 11 is 0. The van der Waals surface area contributed by atoms with Gasteiger partial charge in [0.2, 0.25) is 0 Å². The van der Waals surface area contributed by atoms with Crippen LogP contribution in [-0.4, -0.2) is 46.2 Å². The summed E-state index contributed by atoms with van der Waals surface area (Å²) in [6, 6.07) is -0.361. The van der Waals surface area contributed by atoms with Crippen LogP contribution in [0.15, 0.2) is 0 Å². The third kappa shape index (κ3) is 3.33.